The van der Waals surface area contributed by atoms with Gasteiger partial charge in [0.1, 0.15) is 11.3 Å². The highest BCUT2D eigenvalue weighted by Gasteiger charge is 2.37. The first kappa shape index (κ1) is 20.2. The van der Waals surface area contributed by atoms with E-state index in [9.17, 15) is 24.5 Å². The van der Waals surface area contributed by atoms with Crippen molar-refractivity contribution in [3.63, 3.8) is 0 Å². The molecule has 1 aliphatic heterocycles. The molecule has 29 heavy (non-hydrogen) atoms. The number of imide groups is 2. The number of nitro groups is 1. The Morgan fingerprint density at radius 1 is 1.17 bits per heavy atom. The molecule has 9 nitrogen and oxygen atoms in total. The summed E-state index contributed by atoms with van der Waals surface area (Å²) >= 11 is 3.36. The van der Waals surface area contributed by atoms with Crippen LogP contribution in [0.15, 0.2) is 52.5 Å². The van der Waals surface area contributed by atoms with Crippen molar-refractivity contribution in [2.75, 3.05) is 11.5 Å². The molecule has 1 fully saturated rings. The summed E-state index contributed by atoms with van der Waals surface area (Å²) in [7, 11) is 0. The van der Waals surface area contributed by atoms with Gasteiger partial charge in [0, 0.05) is 12.1 Å². The quantitative estimate of drug-likeness (QED) is 0.316. The number of hydrogen-bond acceptors (Lipinski definition) is 6. The maximum atomic E-state index is 12.8. The molecule has 2 aromatic carbocycles. The number of ether oxygens (including phenoxy) is 1. The predicted octanol–water partition coefficient (Wildman–Crippen LogP) is 3.42. The van der Waals surface area contributed by atoms with Gasteiger partial charge in [-0.15, -0.1) is 0 Å². The highest BCUT2D eigenvalue weighted by Crippen LogP contribution is 2.28. The van der Waals surface area contributed by atoms with E-state index in [-0.39, 0.29) is 16.9 Å². The molecular weight excluding hydrogens is 446 g/mol. The van der Waals surface area contributed by atoms with E-state index in [1.54, 1.807) is 18.2 Å². The number of non-ortho nitro benzene ring substituents is 1. The van der Waals surface area contributed by atoms with Crippen LogP contribution in [-0.4, -0.2) is 29.4 Å². The third-order valence-electron chi connectivity index (χ3n) is 3.99. The van der Waals surface area contributed by atoms with Crippen LogP contribution < -0.4 is 15.0 Å². The fraction of sp³-hybridized carbons (Fsp3) is 0.105. The van der Waals surface area contributed by atoms with Gasteiger partial charge in [0.15, 0.2) is 0 Å². The fourth-order valence-corrected chi connectivity index (χ4v) is 3.17. The summed E-state index contributed by atoms with van der Waals surface area (Å²) in [5.74, 6) is -1.06. The van der Waals surface area contributed by atoms with E-state index in [4.69, 9.17) is 4.74 Å². The number of carbonyl (C=O) groups excluding carboxylic acids is 3. The molecular formula is C19H14BrN3O6. The number of hydrogen-bond donors (Lipinski definition) is 1. The third kappa shape index (κ3) is 4.16. The molecule has 10 heteroatoms. The summed E-state index contributed by atoms with van der Waals surface area (Å²) in [4.78, 5) is 48.2. The van der Waals surface area contributed by atoms with Crippen LogP contribution in [0.4, 0.5) is 16.2 Å². The van der Waals surface area contributed by atoms with Gasteiger partial charge >= 0.3 is 6.03 Å². The molecule has 4 amide bonds. The number of barbiturate groups is 1. The third-order valence-corrected chi connectivity index (χ3v) is 4.61. The van der Waals surface area contributed by atoms with Gasteiger partial charge in [0.25, 0.3) is 17.5 Å². The van der Waals surface area contributed by atoms with Crippen LogP contribution in [-0.2, 0) is 9.59 Å². The van der Waals surface area contributed by atoms with Crippen LogP contribution in [0.3, 0.4) is 0 Å². The highest BCUT2D eigenvalue weighted by atomic mass is 79.9. The number of amides is 4. The van der Waals surface area contributed by atoms with Gasteiger partial charge < -0.3 is 4.74 Å². The summed E-state index contributed by atoms with van der Waals surface area (Å²) in [6.45, 7) is 2.32. The second-order valence-electron chi connectivity index (χ2n) is 5.85. The SMILES string of the molecule is CCOc1ccc(C=C2C(=O)NC(=O)N(c3ccc([N+](=O)[O-])cc3)C2=O)cc1Br. The molecule has 1 heterocycles. The lowest BCUT2D eigenvalue weighted by Crippen LogP contribution is -2.54. The minimum Gasteiger partial charge on any atom is -0.493 e. The fourth-order valence-electron chi connectivity index (χ4n) is 2.66. The van der Waals surface area contributed by atoms with Crippen LogP contribution in [0, 0.1) is 10.1 Å². The molecule has 0 atom stereocenters. The average molecular weight is 460 g/mol. The van der Waals surface area contributed by atoms with E-state index >= 15 is 0 Å². The van der Waals surface area contributed by atoms with Crippen molar-refractivity contribution < 1.29 is 24.0 Å². The van der Waals surface area contributed by atoms with Crippen LogP contribution >= 0.6 is 15.9 Å². The van der Waals surface area contributed by atoms with E-state index in [0.717, 1.165) is 4.90 Å². The Bertz CT molecular complexity index is 1050. The van der Waals surface area contributed by atoms with Crippen molar-refractivity contribution in [2.45, 2.75) is 6.92 Å². The zero-order valence-corrected chi connectivity index (χ0v) is 16.6. The topological polar surface area (TPSA) is 119 Å². The molecule has 0 radical (unpaired) electrons. The molecule has 0 aliphatic carbocycles. The van der Waals surface area contributed by atoms with Gasteiger partial charge in [-0.2, -0.15) is 0 Å². The molecule has 0 unspecified atom stereocenters. The second-order valence-corrected chi connectivity index (χ2v) is 6.71. The maximum absolute atomic E-state index is 12.8. The molecule has 0 saturated carbocycles. The van der Waals surface area contributed by atoms with E-state index in [2.05, 4.69) is 21.2 Å². The standard InChI is InChI=1S/C19H14BrN3O6/c1-2-29-16-8-3-11(10-15(16)20)9-14-17(24)21-19(26)22(18(14)25)12-4-6-13(7-5-12)23(27)28/h3-10H,2H2,1H3,(H,21,24,26). The molecule has 0 spiro atoms. The number of halogens is 1. The van der Waals surface area contributed by atoms with Crippen molar-refractivity contribution in [3.8, 4) is 5.75 Å². The summed E-state index contributed by atoms with van der Waals surface area (Å²) in [6.07, 6.45) is 1.35. The molecule has 1 aliphatic rings. The molecule has 0 bridgehead atoms. The number of carbonyl (C=O) groups is 3. The summed E-state index contributed by atoms with van der Waals surface area (Å²) < 4.78 is 6.06. The average Bonchev–Trinajstić information content (AvgIpc) is 2.67. The minimum atomic E-state index is -0.932. The molecule has 2 aromatic rings. The normalized spacial score (nSPS) is 15.4. The van der Waals surface area contributed by atoms with Crippen LogP contribution in [0.2, 0.25) is 0 Å². The van der Waals surface area contributed by atoms with Gasteiger partial charge in [0.2, 0.25) is 0 Å². The number of nitrogens with one attached hydrogen (secondary N) is 1. The lowest BCUT2D eigenvalue weighted by Gasteiger charge is -2.26. The Morgan fingerprint density at radius 2 is 1.86 bits per heavy atom. The first-order valence-corrected chi connectivity index (χ1v) is 9.19. The summed E-state index contributed by atoms with van der Waals surface area (Å²) in [5, 5.41) is 12.9. The van der Waals surface area contributed by atoms with Gasteiger partial charge in [0.05, 0.1) is 21.7 Å². The van der Waals surface area contributed by atoms with Gasteiger partial charge in [-0.05, 0) is 58.8 Å². The Hall–Kier alpha value is -3.53. The second kappa shape index (κ2) is 8.23. The smallest absolute Gasteiger partial charge is 0.335 e. The first-order valence-electron chi connectivity index (χ1n) is 8.40. The molecule has 1 N–H and O–H groups in total. The highest BCUT2D eigenvalue weighted by molar-refractivity contribution is 9.10. The number of nitrogens with zero attached hydrogens (tertiary/aromatic N) is 2. The largest absolute Gasteiger partial charge is 0.493 e. The maximum Gasteiger partial charge on any atom is 0.335 e. The monoisotopic (exact) mass is 459 g/mol. The molecule has 0 aromatic heterocycles. The lowest BCUT2D eigenvalue weighted by atomic mass is 10.1. The Kier molecular flexibility index (Phi) is 5.74. The zero-order valence-electron chi connectivity index (χ0n) is 15.0. The number of urea groups is 1. The van der Waals surface area contributed by atoms with Crippen molar-refractivity contribution in [3.05, 3.63) is 68.2 Å². The van der Waals surface area contributed by atoms with Crippen molar-refractivity contribution in [1.29, 1.82) is 0 Å². The molecule has 1 saturated heterocycles. The van der Waals surface area contributed by atoms with Crippen LogP contribution in [0.1, 0.15) is 12.5 Å². The Labute approximate surface area is 173 Å². The van der Waals surface area contributed by atoms with E-state index in [0.29, 0.717) is 22.4 Å². The van der Waals surface area contributed by atoms with Gasteiger partial charge in [-0.3, -0.25) is 25.0 Å². The van der Waals surface area contributed by atoms with E-state index in [1.165, 1.54) is 30.3 Å². The van der Waals surface area contributed by atoms with E-state index < -0.39 is 22.8 Å². The predicted molar refractivity (Wildman–Crippen MR) is 107 cm³/mol. The summed E-state index contributed by atoms with van der Waals surface area (Å²) in [6, 6.07) is 8.94. The zero-order chi connectivity index (χ0) is 21.1. The first-order chi connectivity index (χ1) is 13.8. The Morgan fingerprint density at radius 3 is 2.45 bits per heavy atom. The lowest BCUT2D eigenvalue weighted by molar-refractivity contribution is -0.384. The molecule has 3 rings (SSSR count). The Balaban J connectivity index is 1.95. The number of rotatable bonds is 5. The minimum absolute atomic E-state index is 0.101. The summed E-state index contributed by atoms with van der Waals surface area (Å²) in [5.41, 5.74) is 0.199. The van der Waals surface area contributed by atoms with Crippen molar-refractivity contribution in [2.24, 2.45) is 0 Å². The number of anilines is 1. The van der Waals surface area contributed by atoms with Crippen LogP contribution in [0.5, 0.6) is 5.75 Å². The van der Waals surface area contributed by atoms with Gasteiger partial charge in [-0.25, -0.2) is 9.69 Å². The van der Waals surface area contributed by atoms with Gasteiger partial charge in [-0.1, -0.05) is 6.07 Å². The van der Waals surface area contributed by atoms with Crippen molar-refractivity contribution >= 4 is 51.2 Å². The molecule has 148 valence electrons. The number of benzene rings is 2. The van der Waals surface area contributed by atoms with Crippen LogP contribution in [0.25, 0.3) is 6.08 Å². The number of nitro benzene ring substituents is 1. The van der Waals surface area contributed by atoms with E-state index in [1.807, 2.05) is 6.92 Å². The van der Waals surface area contributed by atoms with Crippen molar-refractivity contribution in [1.82, 2.24) is 5.32 Å².